The number of aryl methyl sites for hydroxylation is 1. The van der Waals surface area contributed by atoms with Crippen molar-refractivity contribution in [2.75, 3.05) is 11.1 Å². The molecule has 3 rings (SSSR count). The number of aromatic nitrogens is 3. The van der Waals surface area contributed by atoms with Gasteiger partial charge in [0, 0.05) is 5.56 Å². The van der Waals surface area contributed by atoms with Crippen molar-refractivity contribution in [1.29, 1.82) is 0 Å². The second-order valence-electron chi connectivity index (χ2n) is 4.48. The van der Waals surface area contributed by atoms with Gasteiger partial charge in [0.25, 0.3) is 5.91 Å². The van der Waals surface area contributed by atoms with Crippen LogP contribution in [0.4, 0.5) is 11.5 Å². The number of carbonyl (C=O) groups excluding carboxylic acids is 1. The molecule has 100 valence electrons. The van der Waals surface area contributed by atoms with E-state index in [9.17, 15) is 4.79 Å². The number of nitrogens with zero attached hydrogens (tertiary/aromatic N) is 2. The summed E-state index contributed by atoms with van der Waals surface area (Å²) in [7, 11) is 0. The first kappa shape index (κ1) is 12.2. The number of imidazole rings is 1. The monoisotopic (exact) mass is 267 g/mol. The van der Waals surface area contributed by atoms with Crippen molar-refractivity contribution in [1.82, 2.24) is 15.0 Å². The number of aromatic amines is 1. The normalized spacial score (nSPS) is 10.7. The van der Waals surface area contributed by atoms with Crippen molar-refractivity contribution in [2.24, 2.45) is 0 Å². The molecule has 6 nitrogen and oxygen atoms in total. The molecule has 0 aliphatic carbocycles. The number of fused-ring (bicyclic) bond motifs is 1. The highest BCUT2D eigenvalue weighted by molar-refractivity contribution is 6.05. The van der Waals surface area contributed by atoms with Gasteiger partial charge in [-0.1, -0.05) is 0 Å². The van der Waals surface area contributed by atoms with Crippen LogP contribution in [0, 0.1) is 6.92 Å². The Morgan fingerprint density at radius 2 is 2.15 bits per heavy atom. The van der Waals surface area contributed by atoms with Crippen molar-refractivity contribution >= 4 is 28.4 Å². The molecule has 2 heterocycles. The summed E-state index contributed by atoms with van der Waals surface area (Å²) in [6.45, 7) is 1.87. The van der Waals surface area contributed by atoms with E-state index in [-0.39, 0.29) is 5.91 Å². The van der Waals surface area contributed by atoms with Gasteiger partial charge in [-0.3, -0.25) is 4.79 Å². The Hall–Kier alpha value is -2.89. The Kier molecular flexibility index (Phi) is 2.83. The SMILES string of the molecule is Cc1nc2ccc(C(=O)Nc3ccc(N)nc3)cc2[nH]1. The molecular weight excluding hydrogens is 254 g/mol. The van der Waals surface area contributed by atoms with E-state index < -0.39 is 0 Å². The number of hydrogen-bond donors (Lipinski definition) is 3. The summed E-state index contributed by atoms with van der Waals surface area (Å²) < 4.78 is 0. The lowest BCUT2D eigenvalue weighted by atomic mass is 10.2. The highest BCUT2D eigenvalue weighted by atomic mass is 16.1. The van der Waals surface area contributed by atoms with E-state index >= 15 is 0 Å². The minimum Gasteiger partial charge on any atom is -0.384 e. The second-order valence-corrected chi connectivity index (χ2v) is 4.48. The number of hydrogen-bond acceptors (Lipinski definition) is 4. The third kappa shape index (κ3) is 2.31. The third-order valence-corrected chi connectivity index (χ3v) is 2.91. The largest absolute Gasteiger partial charge is 0.384 e. The fourth-order valence-corrected chi connectivity index (χ4v) is 1.96. The maximum Gasteiger partial charge on any atom is 0.255 e. The fraction of sp³-hybridized carbons (Fsp3) is 0.0714. The van der Waals surface area contributed by atoms with Crippen LogP contribution in [0.1, 0.15) is 16.2 Å². The predicted octanol–water partition coefficient (Wildman–Crippen LogP) is 2.10. The molecule has 0 saturated heterocycles. The van der Waals surface area contributed by atoms with Crippen LogP contribution in [-0.4, -0.2) is 20.9 Å². The Morgan fingerprint density at radius 1 is 1.30 bits per heavy atom. The topological polar surface area (TPSA) is 96.7 Å². The fourth-order valence-electron chi connectivity index (χ4n) is 1.96. The number of anilines is 2. The number of amides is 1. The van der Waals surface area contributed by atoms with Gasteiger partial charge in [0.05, 0.1) is 22.9 Å². The predicted molar refractivity (Wildman–Crippen MR) is 77.4 cm³/mol. The van der Waals surface area contributed by atoms with Crippen LogP contribution >= 0.6 is 0 Å². The number of pyridine rings is 1. The summed E-state index contributed by atoms with van der Waals surface area (Å²) in [6.07, 6.45) is 1.52. The van der Waals surface area contributed by atoms with Crippen LogP contribution in [0.5, 0.6) is 0 Å². The lowest BCUT2D eigenvalue weighted by molar-refractivity contribution is 0.102. The number of nitrogen functional groups attached to an aromatic ring is 1. The van der Waals surface area contributed by atoms with Gasteiger partial charge in [-0.05, 0) is 37.3 Å². The molecule has 4 N–H and O–H groups in total. The van der Waals surface area contributed by atoms with Gasteiger partial charge in [-0.15, -0.1) is 0 Å². The Labute approximate surface area is 115 Å². The molecule has 0 bridgehead atoms. The van der Waals surface area contributed by atoms with Gasteiger partial charge in [0.2, 0.25) is 0 Å². The third-order valence-electron chi connectivity index (χ3n) is 2.91. The number of H-pyrrole nitrogens is 1. The average Bonchev–Trinajstić information content (AvgIpc) is 2.80. The summed E-state index contributed by atoms with van der Waals surface area (Å²) >= 11 is 0. The maximum atomic E-state index is 12.1. The molecular formula is C14H13N5O. The lowest BCUT2D eigenvalue weighted by Crippen LogP contribution is -2.12. The molecule has 0 fully saturated rings. The first-order valence-electron chi connectivity index (χ1n) is 6.11. The van der Waals surface area contributed by atoms with Crippen LogP contribution in [0.3, 0.4) is 0 Å². The summed E-state index contributed by atoms with van der Waals surface area (Å²) in [5.74, 6) is 1.03. The zero-order valence-corrected chi connectivity index (χ0v) is 10.8. The van der Waals surface area contributed by atoms with Gasteiger partial charge in [-0.2, -0.15) is 0 Å². The zero-order chi connectivity index (χ0) is 14.1. The van der Waals surface area contributed by atoms with Crippen LogP contribution in [-0.2, 0) is 0 Å². The summed E-state index contributed by atoms with van der Waals surface area (Å²) in [6, 6.07) is 8.67. The van der Waals surface area contributed by atoms with Crippen LogP contribution in [0.2, 0.25) is 0 Å². The Bertz CT molecular complexity index is 776. The van der Waals surface area contributed by atoms with Crippen molar-refractivity contribution in [3.05, 3.63) is 47.9 Å². The van der Waals surface area contributed by atoms with E-state index in [4.69, 9.17) is 5.73 Å². The van der Waals surface area contributed by atoms with E-state index in [0.717, 1.165) is 16.9 Å². The molecule has 0 spiro atoms. The molecule has 0 unspecified atom stereocenters. The molecule has 1 amide bonds. The smallest absolute Gasteiger partial charge is 0.255 e. The quantitative estimate of drug-likeness (QED) is 0.662. The zero-order valence-electron chi connectivity index (χ0n) is 10.8. The van der Waals surface area contributed by atoms with E-state index in [1.54, 1.807) is 24.3 Å². The molecule has 6 heteroatoms. The molecule has 0 atom stereocenters. The number of carbonyl (C=O) groups is 1. The number of nitrogens with one attached hydrogen (secondary N) is 2. The van der Waals surface area contributed by atoms with Gasteiger partial charge >= 0.3 is 0 Å². The second kappa shape index (κ2) is 4.65. The maximum absolute atomic E-state index is 12.1. The Morgan fingerprint density at radius 3 is 2.90 bits per heavy atom. The Balaban J connectivity index is 1.86. The molecule has 2 aromatic heterocycles. The standard InChI is InChI=1S/C14H13N5O/c1-8-17-11-4-2-9(6-12(11)18-8)14(20)19-10-3-5-13(15)16-7-10/h2-7H,1H3,(H2,15,16)(H,17,18)(H,19,20). The number of benzene rings is 1. The van der Waals surface area contributed by atoms with E-state index in [0.29, 0.717) is 17.1 Å². The summed E-state index contributed by atoms with van der Waals surface area (Å²) in [5, 5.41) is 2.77. The van der Waals surface area contributed by atoms with Crippen LogP contribution < -0.4 is 11.1 Å². The average molecular weight is 267 g/mol. The van der Waals surface area contributed by atoms with E-state index in [1.165, 1.54) is 6.20 Å². The molecule has 3 aromatic rings. The first-order chi connectivity index (χ1) is 9.61. The summed E-state index contributed by atoms with van der Waals surface area (Å²) in [5.41, 5.74) is 8.33. The van der Waals surface area contributed by atoms with Gasteiger partial charge in [0.1, 0.15) is 11.6 Å². The minimum atomic E-state index is -0.203. The summed E-state index contributed by atoms with van der Waals surface area (Å²) in [4.78, 5) is 23.5. The van der Waals surface area contributed by atoms with Crippen molar-refractivity contribution in [2.45, 2.75) is 6.92 Å². The van der Waals surface area contributed by atoms with Gasteiger partial charge < -0.3 is 16.0 Å². The van der Waals surface area contributed by atoms with Gasteiger partial charge in [0.15, 0.2) is 0 Å². The van der Waals surface area contributed by atoms with Crippen molar-refractivity contribution < 1.29 is 4.79 Å². The number of rotatable bonds is 2. The van der Waals surface area contributed by atoms with Crippen molar-refractivity contribution in [3.63, 3.8) is 0 Å². The molecule has 0 radical (unpaired) electrons. The molecule has 0 saturated carbocycles. The highest BCUT2D eigenvalue weighted by Crippen LogP contribution is 2.15. The molecule has 0 aliphatic heterocycles. The minimum absolute atomic E-state index is 0.203. The van der Waals surface area contributed by atoms with Crippen LogP contribution in [0.15, 0.2) is 36.5 Å². The van der Waals surface area contributed by atoms with E-state index in [2.05, 4.69) is 20.3 Å². The van der Waals surface area contributed by atoms with E-state index in [1.807, 2.05) is 13.0 Å². The number of nitrogens with two attached hydrogens (primary N) is 1. The lowest BCUT2D eigenvalue weighted by Gasteiger charge is -2.05. The molecule has 20 heavy (non-hydrogen) atoms. The molecule has 1 aromatic carbocycles. The molecule has 0 aliphatic rings. The van der Waals surface area contributed by atoms with Crippen LogP contribution in [0.25, 0.3) is 11.0 Å². The van der Waals surface area contributed by atoms with Gasteiger partial charge in [-0.25, -0.2) is 9.97 Å². The first-order valence-corrected chi connectivity index (χ1v) is 6.11. The van der Waals surface area contributed by atoms with Crippen molar-refractivity contribution in [3.8, 4) is 0 Å². The highest BCUT2D eigenvalue weighted by Gasteiger charge is 2.08.